The van der Waals surface area contributed by atoms with Gasteiger partial charge in [0.2, 0.25) is 0 Å². The molecular weight excluding hydrogens is 147 g/mol. The van der Waals surface area contributed by atoms with Gasteiger partial charge in [-0.2, -0.15) is 0 Å². The summed E-state index contributed by atoms with van der Waals surface area (Å²) in [6, 6.07) is 0. The van der Waals surface area contributed by atoms with E-state index >= 15 is 0 Å². The van der Waals surface area contributed by atoms with Crippen LogP contribution in [-0.4, -0.2) is 33.8 Å². The monoisotopic (exact) mass is 167 g/mol. The molecule has 3 heteroatoms. The molecular formula is C8H20LiOSi. The maximum absolute atomic E-state index is 5.62. The molecule has 0 aromatic heterocycles. The number of rotatable bonds is 2. The van der Waals surface area contributed by atoms with E-state index in [9.17, 15) is 0 Å². The van der Waals surface area contributed by atoms with Gasteiger partial charge in [-0.25, -0.2) is 0 Å². The van der Waals surface area contributed by atoms with Crippen LogP contribution in [0.1, 0.15) is 20.8 Å². The average Bonchev–Trinajstić information content (AvgIpc) is 1.61. The van der Waals surface area contributed by atoms with E-state index in [4.69, 9.17) is 4.43 Å². The molecule has 0 fully saturated rings. The van der Waals surface area contributed by atoms with Gasteiger partial charge in [0.1, 0.15) is 0 Å². The SMILES string of the molecule is [CH2]CO[Si](C)(C)C(C)(C)C.[LiH]. The second kappa shape index (κ2) is 4.72. The Bertz CT molecular complexity index is 107. The first-order valence-electron chi connectivity index (χ1n) is 3.74. The van der Waals surface area contributed by atoms with Crippen molar-refractivity contribution in [2.45, 2.75) is 38.9 Å². The van der Waals surface area contributed by atoms with Crippen LogP contribution >= 0.6 is 0 Å². The molecule has 0 saturated carbocycles. The van der Waals surface area contributed by atoms with Crippen molar-refractivity contribution in [1.82, 2.24) is 0 Å². The molecule has 0 aliphatic heterocycles. The summed E-state index contributed by atoms with van der Waals surface area (Å²) in [6.07, 6.45) is 0. The third-order valence-electron chi connectivity index (χ3n) is 2.27. The average molecular weight is 167 g/mol. The van der Waals surface area contributed by atoms with Gasteiger partial charge in [0.05, 0.1) is 0 Å². The van der Waals surface area contributed by atoms with Gasteiger partial charge in [-0.15, -0.1) is 0 Å². The van der Waals surface area contributed by atoms with Crippen LogP contribution in [0.5, 0.6) is 0 Å². The zero-order chi connectivity index (χ0) is 8.41. The summed E-state index contributed by atoms with van der Waals surface area (Å²) >= 11 is 0. The van der Waals surface area contributed by atoms with Crippen LogP contribution in [0.4, 0.5) is 0 Å². The van der Waals surface area contributed by atoms with E-state index < -0.39 is 8.32 Å². The molecule has 0 rings (SSSR count). The molecule has 0 atom stereocenters. The summed E-state index contributed by atoms with van der Waals surface area (Å²) in [5.74, 6) is 0. The topological polar surface area (TPSA) is 9.23 Å². The van der Waals surface area contributed by atoms with E-state index in [2.05, 4.69) is 40.8 Å². The Morgan fingerprint density at radius 2 is 1.64 bits per heavy atom. The van der Waals surface area contributed by atoms with Crippen molar-refractivity contribution in [2.24, 2.45) is 0 Å². The van der Waals surface area contributed by atoms with Crippen molar-refractivity contribution in [1.29, 1.82) is 0 Å². The van der Waals surface area contributed by atoms with Gasteiger partial charge in [-0.05, 0) is 25.1 Å². The van der Waals surface area contributed by atoms with E-state index in [1.165, 1.54) is 0 Å². The normalized spacial score (nSPS) is 12.5. The Balaban J connectivity index is 0. The van der Waals surface area contributed by atoms with Crippen molar-refractivity contribution in [3.63, 3.8) is 0 Å². The van der Waals surface area contributed by atoms with E-state index in [1.807, 2.05) is 0 Å². The third kappa shape index (κ3) is 4.37. The molecule has 0 aliphatic rings. The second-order valence-corrected chi connectivity index (χ2v) is 8.92. The van der Waals surface area contributed by atoms with Crippen molar-refractivity contribution >= 4 is 27.2 Å². The molecule has 0 amide bonds. The van der Waals surface area contributed by atoms with Crippen LogP contribution in [0, 0.1) is 6.92 Å². The summed E-state index contributed by atoms with van der Waals surface area (Å²) in [6.45, 7) is 15.5. The van der Waals surface area contributed by atoms with Crippen molar-refractivity contribution < 1.29 is 4.43 Å². The fourth-order valence-corrected chi connectivity index (χ4v) is 1.41. The van der Waals surface area contributed by atoms with E-state index in [0.717, 1.165) is 0 Å². The summed E-state index contributed by atoms with van der Waals surface area (Å²) in [5.41, 5.74) is 0. The van der Waals surface area contributed by atoms with Crippen LogP contribution in [0.3, 0.4) is 0 Å². The van der Waals surface area contributed by atoms with Crippen molar-refractivity contribution in [3.8, 4) is 0 Å². The summed E-state index contributed by atoms with van der Waals surface area (Å²) < 4.78 is 5.62. The van der Waals surface area contributed by atoms with E-state index in [0.29, 0.717) is 11.6 Å². The van der Waals surface area contributed by atoms with Gasteiger partial charge in [0, 0.05) is 6.61 Å². The van der Waals surface area contributed by atoms with Gasteiger partial charge in [0.15, 0.2) is 8.32 Å². The molecule has 0 bridgehead atoms. The van der Waals surface area contributed by atoms with Crippen LogP contribution in [0.15, 0.2) is 0 Å². The van der Waals surface area contributed by atoms with E-state index in [1.54, 1.807) is 0 Å². The summed E-state index contributed by atoms with van der Waals surface area (Å²) in [5, 5.41) is 0.324. The summed E-state index contributed by atoms with van der Waals surface area (Å²) in [7, 11) is -1.47. The van der Waals surface area contributed by atoms with Crippen molar-refractivity contribution in [2.75, 3.05) is 6.61 Å². The second-order valence-electron chi connectivity index (χ2n) is 4.11. The molecule has 0 N–H and O–H groups in total. The number of hydrogen-bond acceptors (Lipinski definition) is 1. The standard InChI is InChI=1S/C8H19OSi.Li.H/c1-7-9-10(5,6)8(2,3)4;;/h1,7H2,2-6H3;;. The van der Waals surface area contributed by atoms with Gasteiger partial charge < -0.3 is 4.43 Å². The Morgan fingerprint density at radius 3 is 1.73 bits per heavy atom. The van der Waals surface area contributed by atoms with Gasteiger partial charge in [-0.1, -0.05) is 20.8 Å². The predicted molar refractivity (Wildman–Crippen MR) is 55.7 cm³/mol. The molecule has 63 valence electrons. The first-order valence-corrected chi connectivity index (χ1v) is 6.65. The molecule has 0 aromatic carbocycles. The molecule has 0 heterocycles. The Kier molecular flexibility index (Phi) is 6.13. The molecule has 11 heavy (non-hydrogen) atoms. The summed E-state index contributed by atoms with van der Waals surface area (Å²) in [4.78, 5) is 0. The van der Waals surface area contributed by atoms with E-state index in [-0.39, 0.29) is 18.9 Å². The molecule has 0 aliphatic carbocycles. The maximum atomic E-state index is 5.62. The minimum absolute atomic E-state index is 0. The Labute approximate surface area is 84.2 Å². The first kappa shape index (κ1) is 14.3. The van der Waals surface area contributed by atoms with Crippen LogP contribution in [0.25, 0.3) is 0 Å². The molecule has 1 nitrogen and oxygen atoms in total. The number of hydrogen-bond donors (Lipinski definition) is 0. The predicted octanol–water partition coefficient (Wildman–Crippen LogP) is 2.19. The zero-order valence-corrected chi connectivity index (χ0v) is 8.82. The third-order valence-corrected chi connectivity index (χ3v) is 6.81. The van der Waals surface area contributed by atoms with Crippen LogP contribution in [-0.2, 0) is 4.43 Å². The van der Waals surface area contributed by atoms with Gasteiger partial charge in [0.25, 0.3) is 0 Å². The first-order chi connectivity index (χ1) is 4.31. The molecule has 0 aromatic rings. The fraction of sp³-hybridized carbons (Fsp3) is 0.875. The molecule has 1 radical (unpaired) electrons. The Morgan fingerprint density at radius 1 is 1.27 bits per heavy atom. The fourth-order valence-electron chi connectivity index (χ4n) is 0.472. The zero-order valence-electron chi connectivity index (χ0n) is 7.82. The van der Waals surface area contributed by atoms with Gasteiger partial charge in [-0.3, -0.25) is 0 Å². The van der Waals surface area contributed by atoms with Crippen LogP contribution in [0.2, 0.25) is 18.1 Å². The minimum atomic E-state index is -1.47. The van der Waals surface area contributed by atoms with Crippen LogP contribution < -0.4 is 0 Å². The van der Waals surface area contributed by atoms with Gasteiger partial charge >= 0.3 is 18.9 Å². The Hall–Kier alpha value is 0.774. The quantitative estimate of drug-likeness (QED) is 0.573. The van der Waals surface area contributed by atoms with Crippen molar-refractivity contribution in [3.05, 3.63) is 6.92 Å². The molecule has 0 saturated heterocycles. The molecule has 0 unspecified atom stereocenters. The molecule has 0 spiro atoms.